The van der Waals surface area contributed by atoms with Gasteiger partial charge in [0.2, 0.25) is 0 Å². The number of aromatic nitrogens is 3. The third-order valence-corrected chi connectivity index (χ3v) is 4.87. The first kappa shape index (κ1) is 13.9. The number of hydrogen-bond donors (Lipinski definition) is 2. The lowest BCUT2D eigenvalue weighted by atomic mass is 9.39. The van der Waals surface area contributed by atoms with E-state index in [4.69, 9.17) is 5.11 Å². The first-order valence-corrected chi connectivity index (χ1v) is 7.49. The second-order valence-electron chi connectivity index (χ2n) is 6.65. The fourth-order valence-corrected chi connectivity index (χ4v) is 3.78. The van der Waals surface area contributed by atoms with E-state index in [-0.39, 0.29) is 11.4 Å². The molecule has 5 rings (SSSR count). The van der Waals surface area contributed by atoms with Crippen molar-refractivity contribution in [3.8, 4) is 0 Å². The molecular weight excluding hydrogens is 296 g/mol. The van der Waals surface area contributed by atoms with E-state index in [1.54, 1.807) is 23.1 Å². The lowest BCUT2D eigenvalue weighted by Gasteiger charge is -2.67. The van der Waals surface area contributed by atoms with Crippen molar-refractivity contribution in [2.75, 3.05) is 0 Å². The van der Waals surface area contributed by atoms with Crippen LogP contribution in [-0.4, -0.2) is 37.5 Å². The molecule has 2 bridgehead atoms. The second kappa shape index (κ2) is 4.65. The maximum Gasteiger partial charge on any atom is 0.309 e. The fourth-order valence-electron chi connectivity index (χ4n) is 3.78. The van der Waals surface area contributed by atoms with E-state index >= 15 is 0 Å². The summed E-state index contributed by atoms with van der Waals surface area (Å²) in [6.07, 6.45) is 5.00. The predicted octanol–water partition coefficient (Wildman–Crippen LogP) is 1.06. The van der Waals surface area contributed by atoms with E-state index in [9.17, 15) is 9.59 Å². The minimum Gasteiger partial charge on any atom is -0.481 e. The number of nitrogens with one attached hydrogen (secondary N) is 1. The van der Waals surface area contributed by atoms with Gasteiger partial charge in [-0.05, 0) is 37.0 Å². The minimum absolute atomic E-state index is 0.149. The number of nitrogens with zero attached hydrogens (tertiary/aromatic N) is 3. The van der Waals surface area contributed by atoms with Gasteiger partial charge in [0, 0.05) is 17.3 Å². The molecule has 0 radical (unpaired) electrons. The molecule has 0 saturated heterocycles. The predicted molar refractivity (Wildman–Crippen MR) is 79.7 cm³/mol. The van der Waals surface area contributed by atoms with Crippen LogP contribution in [-0.2, 0) is 11.3 Å². The SMILES string of the molecule is O=C(NC12CC(C(=O)O)(C1)C2)c1cccc(Cn2ccnn2)c1. The largest absolute Gasteiger partial charge is 0.481 e. The Bertz CT molecular complexity index is 765. The summed E-state index contributed by atoms with van der Waals surface area (Å²) in [5, 5.41) is 19.8. The Morgan fingerprint density at radius 3 is 2.74 bits per heavy atom. The third-order valence-electron chi connectivity index (χ3n) is 4.87. The maximum absolute atomic E-state index is 12.4. The van der Waals surface area contributed by atoms with Gasteiger partial charge in [-0.3, -0.25) is 9.59 Å². The molecule has 3 aliphatic carbocycles. The van der Waals surface area contributed by atoms with Crippen molar-refractivity contribution in [1.82, 2.24) is 20.3 Å². The van der Waals surface area contributed by atoms with Gasteiger partial charge in [0.05, 0.1) is 18.2 Å². The van der Waals surface area contributed by atoms with Crippen molar-refractivity contribution in [2.45, 2.75) is 31.3 Å². The summed E-state index contributed by atoms with van der Waals surface area (Å²) in [5.74, 6) is -0.896. The Kier molecular flexibility index (Phi) is 2.81. The Morgan fingerprint density at radius 1 is 1.30 bits per heavy atom. The van der Waals surface area contributed by atoms with E-state index in [1.807, 2.05) is 18.2 Å². The van der Waals surface area contributed by atoms with Gasteiger partial charge < -0.3 is 10.4 Å². The molecule has 0 spiro atoms. The van der Waals surface area contributed by atoms with Crippen LogP contribution in [0.5, 0.6) is 0 Å². The number of hydrogen-bond acceptors (Lipinski definition) is 4. The number of carbonyl (C=O) groups is 2. The maximum atomic E-state index is 12.4. The first-order valence-electron chi connectivity index (χ1n) is 7.49. The van der Waals surface area contributed by atoms with Crippen LogP contribution in [0.15, 0.2) is 36.7 Å². The number of carboxylic acid groups (broad SMARTS) is 1. The van der Waals surface area contributed by atoms with Crippen LogP contribution < -0.4 is 5.32 Å². The van der Waals surface area contributed by atoms with Crippen LogP contribution in [0.4, 0.5) is 0 Å². The Balaban J connectivity index is 1.43. The molecule has 0 atom stereocenters. The lowest BCUT2D eigenvalue weighted by Crippen LogP contribution is -2.77. The molecular formula is C16H16N4O3. The van der Waals surface area contributed by atoms with Crippen molar-refractivity contribution in [3.63, 3.8) is 0 Å². The molecule has 23 heavy (non-hydrogen) atoms. The highest BCUT2D eigenvalue weighted by molar-refractivity contribution is 5.96. The van der Waals surface area contributed by atoms with Gasteiger partial charge in [0.1, 0.15) is 0 Å². The summed E-state index contributed by atoms with van der Waals surface area (Å²) in [5.41, 5.74) is 0.652. The molecule has 118 valence electrons. The molecule has 3 aliphatic rings. The van der Waals surface area contributed by atoms with E-state index in [0.29, 0.717) is 31.4 Å². The molecule has 7 nitrogen and oxygen atoms in total. The van der Waals surface area contributed by atoms with Crippen LogP contribution in [0.25, 0.3) is 0 Å². The molecule has 1 aromatic heterocycles. The number of carbonyl (C=O) groups excluding carboxylic acids is 1. The number of rotatable bonds is 5. The van der Waals surface area contributed by atoms with Crippen LogP contribution in [0.3, 0.4) is 0 Å². The smallest absolute Gasteiger partial charge is 0.309 e. The molecule has 2 N–H and O–H groups in total. The van der Waals surface area contributed by atoms with Gasteiger partial charge in [0.15, 0.2) is 0 Å². The standard InChI is InChI=1S/C16H16N4O3/c21-13(18-16-8-15(9-16,10-16)14(22)23)12-3-1-2-11(6-12)7-20-5-4-17-19-20/h1-6H,7-10H2,(H,18,21)(H,22,23). The molecule has 1 amide bonds. The van der Waals surface area contributed by atoms with E-state index < -0.39 is 11.4 Å². The van der Waals surface area contributed by atoms with Crippen molar-refractivity contribution in [1.29, 1.82) is 0 Å². The summed E-state index contributed by atoms with van der Waals surface area (Å²) in [6, 6.07) is 7.36. The first-order chi connectivity index (χ1) is 11.0. The van der Waals surface area contributed by atoms with Gasteiger partial charge in [-0.2, -0.15) is 0 Å². The number of carboxylic acids is 1. The van der Waals surface area contributed by atoms with Crippen molar-refractivity contribution in [2.24, 2.45) is 5.41 Å². The molecule has 1 aromatic carbocycles. The van der Waals surface area contributed by atoms with Gasteiger partial charge in [-0.15, -0.1) is 5.10 Å². The third kappa shape index (κ3) is 2.19. The average Bonchev–Trinajstić information content (AvgIpc) is 2.93. The summed E-state index contributed by atoms with van der Waals surface area (Å²) in [7, 11) is 0. The molecule has 2 aromatic rings. The summed E-state index contributed by atoms with van der Waals surface area (Å²) in [4.78, 5) is 23.5. The zero-order chi connectivity index (χ0) is 16.1. The topological polar surface area (TPSA) is 97.1 Å². The minimum atomic E-state index is -0.747. The molecule has 0 unspecified atom stereocenters. The van der Waals surface area contributed by atoms with Gasteiger partial charge in [0.25, 0.3) is 5.91 Å². The Hall–Kier alpha value is -2.70. The lowest BCUT2D eigenvalue weighted by molar-refractivity contribution is -0.196. The zero-order valence-electron chi connectivity index (χ0n) is 12.4. The highest BCUT2D eigenvalue weighted by atomic mass is 16.4. The molecule has 1 heterocycles. The highest BCUT2D eigenvalue weighted by Crippen LogP contribution is 2.67. The monoisotopic (exact) mass is 312 g/mol. The number of amides is 1. The van der Waals surface area contributed by atoms with Gasteiger partial charge >= 0.3 is 5.97 Å². The quantitative estimate of drug-likeness (QED) is 0.860. The Morgan fingerprint density at radius 2 is 2.09 bits per heavy atom. The van der Waals surface area contributed by atoms with E-state index in [0.717, 1.165) is 5.56 Å². The second-order valence-corrected chi connectivity index (χ2v) is 6.65. The summed E-state index contributed by atoms with van der Waals surface area (Å²) in [6.45, 7) is 0.550. The van der Waals surface area contributed by atoms with Crippen LogP contribution in [0.2, 0.25) is 0 Å². The summed E-state index contributed by atoms with van der Waals surface area (Å²) < 4.78 is 1.69. The van der Waals surface area contributed by atoms with E-state index in [1.165, 1.54) is 0 Å². The average molecular weight is 312 g/mol. The molecule has 7 heteroatoms. The molecule has 3 saturated carbocycles. The van der Waals surface area contributed by atoms with Gasteiger partial charge in [-0.1, -0.05) is 17.3 Å². The number of aliphatic carboxylic acids is 1. The van der Waals surface area contributed by atoms with Crippen molar-refractivity contribution < 1.29 is 14.7 Å². The van der Waals surface area contributed by atoms with Crippen molar-refractivity contribution >= 4 is 11.9 Å². The van der Waals surface area contributed by atoms with E-state index in [2.05, 4.69) is 15.6 Å². The fraction of sp³-hybridized carbons (Fsp3) is 0.375. The molecule has 0 aliphatic heterocycles. The van der Waals surface area contributed by atoms with Crippen LogP contribution >= 0.6 is 0 Å². The van der Waals surface area contributed by atoms with Crippen LogP contribution in [0.1, 0.15) is 35.2 Å². The zero-order valence-corrected chi connectivity index (χ0v) is 12.4. The van der Waals surface area contributed by atoms with Crippen LogP contribution in [0, 0.1) is 5.41 Å². The molecule has 3 fully saturated rings. The van der Waals surface area contributed by atoms with Crippen molar-refractivity contribution in [3.05, 3.63) is 47.8 Å². The number of benzene rings is 1. The highest BCUT2D eigenvalue weighted by Gasteiger charge is 2.72. The Labute approximate surface area is 132 Å². The normalized spacial score (nSPS) is 27.7. The van der Waals surface area contributed by atoms with Gasteiger partial charge in [-0.25, -0.2) is 4.68 Å². The summed E-state index contributed by atoms with van der Waals surface area (Å²) >= 11 is 0.